The van der Waals surface area contributed by atoms with Gasteiger partial charge in [0.1, 0.15) is 0 Å². The van der Waals surface area contributed by atoms with Crippen molar-refractivity contribution in [1.82, 2.24) is 29.9 Å². The molecule has 0 bridgehead atoms. The topological polar surface area (TPSA) is 66.3 Å². The van der Waals surface area contributed by atoms with Crippen LogP contribution in [0.4, 0.5) is 0 Å². The highest BCUT2D eigenvalue weighted by atomic mass is 16.1. The van der Waals surface area contributed by atoms with E-state index in [0.717, 1.165) is 31.9 Å². The minimum atomic E-state index is -0.106. The smallest absolute Gasteiger partial charge is 0.226 e. The summed E-state index contributed by atoms with van der Waals surface area (Å²) in [7, 11) is 4.01. The van der Waals surface area contributed by atoms with E-state index in [1.807, 2.05) is 55.6 Å². The minimum absolute atomic E-state index is 0.102. The van der Waals surface area contributed by atoms with Crippen molar-refractivity contribution in [3.05, 3.63) is 48.0 Å². The third kappa shape index (κ3) is 4.87. The average Bonchev–Trinajstić information content (AvgIpc) is 2.94. The van der Waals surface area contributed by atoms with Crippen molar-refractivity contribution in [3.8, 4) is 0 Å². The second-order valence-electron chi connectivity index (χ2n) is 6.82. The lowest BCUT2D eigenvalue weighted by atomic mass is 10.1. The summed E-state index contributed by atoms with van der Waals surface area (Å²) < 4.78 is 1.96. The first kappa shape index (κ1) is 17.6. The molecule has 0 aromatic carbocycles. The first-order valence-electron chi connectivity index (χ1n) is 8.66. The van der Waals surface area contributed by atoms with Crippen LogP contribution in [-0.4, -0.2) is 64.2 Å². The van der Waals surface area contributed by atoms with E-state index in [4.69, 9.17) is 0 Å². The van der Waals surface area contributed by atoms with Crippen LogP contribution >= 0.6 is 0 Å². The zero-order valence-corrected chi connectivity index (χ0v) is 14.9. The molecule has 0 fully saturated rings. The van der Waals surface area contributed by atoms with Crippen molar-refractivity contribution in [1.29, 1.82) is 0 Å². The van der Waals surface area contributed by atoms with Crippen LogP contribution in [0.2, 0.25) is 0 Å². The van der Waals surface area contributed by atoms with E-state index in [1.165, 1.54) is 5.56 Å². The second kappa shape index (κ2) is 8.22. The lowest BCUT2D eigenvalue weighted by Gasteiger charge is -2.23. The third-order valence-electron chi connectivity index (χ3n) is 4.45. The van der Waals surface area contributed by atoms with Crippen molar-refractivity contribution in [2.45, 2.75) is 19.6 Å². The molecule has 0 saturated heterocycles. The molecule has 0 saturated carbocycles. The number of carbonyl (C=O) groups excluding carboxylic acids is 1. The van der Waals surface area contributed by atoms with E-state index in [-0.39, 0.29) is 11.8 Å². The van der Waals surface area contributed by atoms with Gasteiger partial charge in [-0.2, -0.15) is 5.10 Å². The maximum absolute atomic E-state index is 12.7. The van der Waals surface area contributed by atoms with Crippen molar-refractivity contribution < 1.29 is 4.79 Å². The summed E-state index contributed by atoms with van der Waals surface area (Å²) in [5.41, 5.74) is 2.35. The lowest BCUT2D eigenvalue weighted by molar-refractivity contribution is -0.126. The van der Waals surface area contributed by atoms with Crippen LogP contribution in [0.15, 0.2) is 36.8 Å². The molecule has 1 atom stereocenters. The van der Waals surface area contributed by atoms with Gasteiger partial charge in [-0.25, -0.2) is 0 Å². The van der Waals surface area contributed by atoms with Gasteiger partial charge in [0.15, 0.2) is 0 Å². The Hall–Kier alpha value is -2.25. The number of likely N-dealkylation sites (N-methyl/N-ethyl adjacent to an activating group) is 1. The number of aromatic nitrogens is 3. The van der Waals surface area contributed by atoms with Gasteiger partial charge < -0.3 is 10.2 Å². The molecule has 25 heavy (non-hydrogen) atoms. The molecular formula is C18H26N6O. The largest absolute Gasteiger partial charge is 0.354 e. The van der Waals surface area contributed by atoms with Gasteiger partial charge in [-0.15, -0.1) is 0 Å². The van der Waals surface area contributed by atoms with Crippen molar-refractivity contribution >= 4 is 5.91 Å². The van der Waals surface area contributed by atoms with Crippen LogP contribution in [0.5, 0.6) is 0 Å². The number of hydrogen-bond acceptors (Lipinski definition) is 5. The highest BCUT2D eigenvalue weighted by Gasteiger charge is 2.27. The van der Waals surface area contributed by atoms with Crippen LogP contribution in [-0.2, 0) is 24.4 Å². The number of carbonyl (C=O) groups is 1. The quantitative estimate of drug-likeness (QED) is 0.832. The van der Waals surface area contributed by atoms with E-state index in [1.54, 1.807) is 0 Å². The summed E-state index contributed by atoms with van der Waals surface area (Å²) in [6.45, 7) is 4.45. The Morgan fingerprint density at radius 1 is 1.24 bits per heavy atom. The van der Waals surface area contributed by atoms with Gasteiger partial charge in [0.25, 0.3) is 0 Å². The molecule has 1 amide bonds. The van der Waals surface area contributed by atoms with E-state index < -0.39 is 0 Å². The number of pyridine rings is 1. The number of hydrogen-bond donors (Lipinski definition) is 1. The first-order chi connectivity index (χ1) is 12.1. The van der Waals surface area contributed by atoms with Gasteiger partial charge >= 0.3 is 0 Å². The van der Waals surface area contributed by atoms with E-state index in [2.05, 4.69) is 25.2 Å². The molecule has 7 heteroatoms. The fourth-order valence-corrected chi connectivity index (χ4v) is 3.11. The van der Waals surface area contributed by atoms with Gasteiger partial charge in [0, 0.05) is 51.3 Å². The lowest BCUT2D eigenvalue weighted by Crippen LogP contribution is -2.41. The number of nitrogens with zero attached hydrogens (tertiary/aromatic N) is 5. The summed E-state index contributed by atoms with van der Waals surface area (Å²) in [4.78, 5) is 21.1. The molecule has 2 aromatic heterocycles. The maximum atomic E-state index is 12.7. The molecule has 1 aliphatic heterocycles. The van der Waals surface area contributed by atoms with Crippen molar-refractivity contribution in [3.63, 3.8) is 0 Å². The van der Waals surface area contributed by atoms with Gasteiger partial charge in [-0.1, -0.05) is 0 Å². The number of amides is 1. The molecule has 134 valence electrons. The zero-order chi connectivity index (χ0) is 17.6. The van der Waals surface area contributed by atoms with E-state index in [0.29, 0.717) is 13.1 Å². The van der Waals surface area contributed by atoms with Crippen molar-refractivity contribution in [2.24, 2.45) is 5.92 Å². The van der Waals surface area contributed by atoms with Crippen LogP contribution in [0.25, 0.3) is 0 Å². The summed E-state index contributed by atoms with van der Waals surface area (Å²) >= 11 is 0. The third-order valence-corrected chi connectivity index (χ3v) is 4.45. The zero-order valence-electron chi connectivity index (χ0n) is 14.9. The molecule has 7 nitrogen and oxygen atoms in total. The first-order valence-corrected chi connectivity index (χ1v) is 8.66. The number of rotatable bonds is 6. The van der Waals surface area contributed by atoms with E-state index >= 15 is 0 Å². The Bertz CT molecular complexity index is 684. The Morgan fingerprint density at radius 3 is 2.80 bits per heavy atom. The van der Waals surface area contributed by atoms with Crippen LogP contribution < -0.4 is 5.32 Å². The standard InChI is InChI=1S/C18H26N6O/c1-22(2)10-9-20-18(25)16-12-23(11-15-3-6-19-7-4-15)14-17-5-8-21-24(17)13-16/h3-8,16H,9-14H2,1-2H3,(H,20,25). The summed E-state index contributed by atoms with van der Waals surface area (Å²) in [5.74, 6) is -0.00456. The molecule has 3 rings (SSSR count). The summed E-state index contributed by atoms with van der Waals surface area (Å²) in [6.07, 6.45) is 5.43. The number of nitrogens with one attached hydrogen (secondary N) is 1. The molecule has 0 aliphatic carbocycles. The average molecular weight is 342 g/mol. The Kier molecular flexibility index (Phi) is 5.78. The normalized spacial score (nSPS) is 18.0. The molecule has 3 heterocycles. The van der Waals surface area contributed by atoms with Gasteiger partial charge in [0.2, 0.25) is 5.91 Å². The molecule has 0 spiro atoms. The summed E-state index contributed by atoms with van der Waals surface area (Å²) in [6, 6.07) is 6.08. The molecule has 1 N–H and O–H groups in total. The molecule has 2 aromatic rings. The SMILES string of the molecule is CN(C)CCNC(=O)C1CN(Cc2ccncc2)Cc2ccnn2C1. The molecule has 1 aliphatic rings. The van der Waals surface area contributed by atoms with Crippen LogP contribution in [0.1, 0.15) is 11.3 Å². The Balaban J connectivity index is 1.69. The monoisotopic (exact) mass is 342 g/mol. The fraction of sp³-hybridized carbons (Fsp3) is 0.500. The van der Waals surface area contributed by atoms with Crippen LogP contribution in [0.3, 0.4) is 0 Å². The van der Waals surface area contributed by atoms with Gasteiger partial charge in [0.05, 0.1) is 18.2 Å². The second-order valence-corrected chi connectivity index (χ2v) is 6.82. The molecule has 1 unspecified atom stereocenters. The molecule has 0 radical (unpaired) electrons. The van der Waals surface area contributed by atoms with Crippen LogP contribution in [0, 0.1) is 5.92 Å². The Labute approximate surface area is 148 Å². The fourth-order valence-electron chi connectivity index (χ4n) is 3.11. The van der Waals surface area contributed by atoms with Gasteiger partial charge in [-0.05, 0) is 37.9 Å². The van der Waals surface area contributed by atoms with Crippen molar-refractivity contribution in [2.75, 3.05) is 33.7 Å². The van der Waals surface area contributed by atoms with Gasteiger partial charge in [-0.3, -0.25) is 19.4 Å². The highest BCUT2D eigenvalue weighted by molar-refractivity contribution is 5.78. The maximum Gasteiger partial charge on any atom is 0.226 e. The summed E-state index contributed by atoms with van der Waals surface area (Å²) in [5, 5.41) is 7.45. The predicted molar refractivity (Wildman–Crippen MR) is 95.6 cm³/mol. The number of fused-ring (bicyclic) bond motifs is 1. The minimum Gasteiger partial charge on any atom is -0.354 e. The highest BCUT2D eigenvalue weighted by Crippen LogP contribution is 2.18. The van der Waals surface area contributed by atoms with E-state index in [9.17, 15) is 4.79 Å². The Morgan fingerprint density at radius 2 is 2.04 bits per heavy atom. The molecular weight excluding hydrogens is 316 g/mol. The predicted octanol–water partition coefficient (Wildman–Crippen LogP) is 0.588.